The highest BCUT2D eigenvalue weighted by Crippen LogP contribution is 2.25. The molecule has 0 aromatic heterocycles. The van der Waals surface area contributed by atoms with E-state index in [1.807, 2.05) is 0 Å². The van der Waals surface area contributed by atoms with E-state index in [2.05, 4.69) is 10.1 Å². The Morgan fingerprint density at radius 1 is 1.00 bits per heavy atom. The smallest absolute Gasteiger partial charge is 0.406 e. The maximum absolute atomic E-state index is 12.3. The fourth-order valence-corrected chi connectivity index (χ4v) is 2.59. The highest BCUT2D eigenvalue weighted by Gasteiger charge is 2.31. The summed E-state index contributed by atoms with van der Waals surface area (Å²) in [6.07, 6.45) is -4.54. The second kappa shape index (κ2) is 7.10. The number of carbonyl (C=O) groups excluding carboxylic acids is 3. The number of anilines is 2. The Balaban J connectivity index is 1.72. The lowest BCUT2D eigenvalue weighted by Gasteiger charge is -2.15. The Labute approximate surface area is 151 Å². The normalized spacial score (nSPS) is 14.4. The zero-order valence-electron chi connectivity index (χ0n) is 13.7. The highest BCUT2D eigenvalue weighted by molar-refractivity contribution is 6.20. The number of amides is 3. The molecule has 140 valence electrons. The van der Waals surface area contributed by atoms with Gasteiger partial charge in [0.15, 0.2) is 0 Å². The van der Waals surface area contributed by atoms with Crippen LogP contribution >= 0.6 is 0 Å². The molecule has 0 saturated carbocycles. The lowest BCUT2D eigenvalue weighted by Crippen LogP contribution is -2.28. The molecule has 1 heterocycles. The van der Waals surface area contributed by atoms with Crippen molar-refractivity contribution in [3.05, 3.63) is 54.1 Å². The molecule has 27 heavy (non-hydrogen) atoms. The van der Waals surface area contributed by atoms with Crippen LogP contribution in [-0.2, 0) is 9.59 Å². The summed E-state index contributed by atoms with van der Waals surface area (Å²) in [6.45, 7) is 0. The average Bonchev–Trinajstić information content (AvgIpc) is 2.94. The molecule has 1 N–H and O–H groups in total. The predicted octanol–water partition coefficient (Wildman–Crippen LogP) is 3.49. The van der Waals surface area contributed by atoms with Crippen molar-refractivity contribution in [3.63, 3.8) is 0 Å². The molecule has 0 bridgehead atoms. The lowest BCUT2D eigenvalue weighted by molar-refractivity contribution is -0.274. The van der Waals surface area contributed by atoms with Crippen LogP contribution in [-0.4, -0.2) is 24.1 Å². The van der Waals surface area contributed by atoms with Gasteiger partial charge in [-0.05, 0) is 42.5 Å². The average molecular weight is 378 g/mol. The quantitative estimate of drug-likeness (QED) is 0.827. The number of ether oxygens (including phenoxy) is 1. The van der Waals surface area contributed by atoms with Crippen LogP contribution in [0.5, 0.6) is 5.75 Å². The molecule has 0 spiro atoms. The number of nitrogens with one attached hydrogen (secondary N) is 1. The number of rotatable bonds is 4. The summed E-state index contributed by atoms with van der Waals surface area (Å²) in [5.41, 5.74) is 0.743. The standard InChI is InChI=1S/C18H13F3N2O4/c19-18(20,21)27-14-6-4-12(5-7-14)22-17(26)11-2-1-3-13(10-11)23-15(24)8-9-16(23)25/h1-7,10H,8-9H2,(H,22,26). The van der Waals surface area contributed by atoms with E-state index in [1.165, 1.54) is 30.3 Å². The van der Waals surface area contributed by atoms with Gasteiger partial charge in [-0.3, -0.25) is 19.3 Å². The first kappa shape index (κ1) is 18.4. The van der Waals surface area contributed by atoms with E-state index in [0.717, 1.165) is 17.0 Å². The second-order valence-electron chi connectivity index (χ2n) is 5.70. The highest BCUT2D eigenvalue weighted by atomic mass is 19.4. The van der Waals surface area contributed by atoms with Crippen LogP contribution < -0.4 is 15.0 Å². The van der Waals surface area contributed by atoms with Gasteiger partial charge in [0.2, 0.25) is 11.8 Å². The summed E-state index contributed by atoms with van der Waals surface area (Å²) in [6, 6.07) is 10.6. The number of hydrogen-bond donors (Lipinski definition) is 1. The summed E-state index contributed by atoms with van der Waals surface area (Å²) < 4.78 is 40.2. The second-order valence-corrected chi connectivity index (χ2v) is 5.70. The van der Waals surface area contributed by atoms with E-state index in [1.54, 1.807) is 6.07 Å². The molecule has 6 nitrogen and oxygen atoms in total. The maximum atomic E-state index is 12.3. The van der Waals surface area contributed by atoms with Gasteiger partial charge < -0.3 is 10.1 Å². The molecule has 1 aliphatic heterocycles. The molecule has 1 fully saturated rings. The number of carbonyl (C=O) groups is 3. The maximum Gasteiger partial charge on any atom is 0.573 e. The van der Waals surface area contributed by atoms with Crippen molar-refractivity contribution in [1.29, 1.82) is 0 Å². The van der Waals surface area contributed by atoms with Crippen molar-refractivity contribution in [2.24, 2.45) is 0 Å². The van der Waals surface area contributed by atoms with Gasteiger partial charge in [-0.15, -0.1) is 13.2 Å². The fraction of sp³-hybridized carbons (Fsp3) is 0.167. The number of hydrogen-bond acceptors (Lipinski definition) is 4. The van der Waals surface area contributed by atoms with Crippen LogP contribution in [0.1, 0.15) is 23.2 Å². The summed E-state index contributed by atoms with van der Waals surface area (Å²) >= 11 is 0. The largest absolute Gasteiger partial charge is 0.573 e. The Morgan fingerprint density at radius 2 is 1.63 bits per heavy atom. The molecule has 2 aromatic carbocycles. The van der Waals surface area contributed by atoms with E-state index in [9.17, 15) is 27.6 Å². The van der Waals surface area contributed by atoms with E-state index < -0.39 is 18.0 Å². The first-order valence-electron chi connectivity index (χ1n) is 7.86. The van der Waals surface area contributed by atoms with Crippen LogP contribution in [0.25, 0.3) is 0 Å². The molecule has 9 heteroatoms. The molecule has 1 saturated heterocycles. The van der Waals surface area contributed by atoms with Gasteiger partial charge in [0, 0.05) is 24.1 Å². The van der Waals surface area contributed by atoms with Gasteiger partial charge in [0.05, 0.1) is 5.69 Å². The van der Waals surface area contributed by atoms with Gasteiger partial charge in [-0.25, -0.2) is 0 Å². The van der Waals surface area contributed by atoms with Gasteiger partial charge in [0.25, 0.3) is 5.91 Å². The van der Waals surface area contributed by atoms with Crippen molar-refractivity contribution in [1.82, 2.24) is 0 Å². The van der Waals surface area contributed by atoms with Crippen molar-refractivity contribution < 1.29 is 32.3 Å². The number of nitrogens with zero attached hydrogens (tertiary/aromatic N) is 1. The Hall–Kier alpha value is -3.36. The number of benzene rings is 2. The van der Waals surface area contributed by atoms with Gasteiger partial charge >= 0.3 is 6.36 Å². The Morgan fingerprint density at radius 3 is 2.22 bits per heavy atom. The molecule has 3 amide bonds. The molecule has 2 aromatic rings. The summed E-state index contributed by atoms with van der Waals surface area (Å²) in [4.78, 5) is 37.0. The van der Waals surface area contributed by atoms with Crippen LogP contribution in [0.15, 0.2) is 48.5 Å². The van der Waals surface area contributed by atoms with Crippen LogP contribution in [0.4, 0.5) is 24.5 Å². The first-order chi connectivity index (χ1) is 12.7. The molecule has 0 unspecified atom stereocenters. The summed E-state index contributed by atoms with van der Waals surface area (Å²) in [5.74, 6) is -1.62. The topological polar surface area (TPSA) is 75.7 Å². The van der Waals surface area contributed by atoms with Gasteiger partial charge in [-0.1, -0.05) is 6.07 Å². The SMILES string of the molecule is O=C(Nc1ccc(OC(F)(F)F)cc1)c1cccc(N2C(=O)CCC2=O)c1. The minimum absolute atomic E-state index is 0.127. The molecular formula is C18H13F3N2O4. The number of alkyl halides is 3. The monoisotopic (exact) mass is 378 g/mol. The fourth-order valence-electron chi connectivity index (χ4n) is 2.59. The van der Waals surface area contributed by atoms with Crippen LogP contribution in [0.2, 0.25) is 0 Å². The van der Waals surface area contributed by atoms with Crippen LogP contribution in [0.3, 0.4) is 0 Å². The van der Waals surface area contributed by atoms with E-state index in [-0.39, 0.29) is 35.9 Å². The number of imide groups is 1. The third kappa shape index (κ3) is 4.43. The predicted molar refractivity (Wildman–Crippen MR) is 89.2 cm³/mol. The van der Waals surface area contributed by atoms with E-state index in [4.69, 9.17) is 0 Å². The molecular weight excluding hydrogens is 365 g/mol. The van der Waals surface area contributed by atoms with E-state index in [0.29, 0.717) is 5.69 Å². The third-order valence-electron chi connectivity index (χ3n) is 3.76. The summed E-state index contributed by atoms with van der Waals surface area (Å²) in [7, 11) is 0. The van der Waals surface area contributed by atoms with Gasteiger partial charge in [0.1, 0.15) is 5.75 Å². The molecule has 0 aliphatic carbocycles. The third-order valence-corrected chi connectivity index (χ3v) is 3.76. The molecule has 0 radical (unpaired) electrons. The number of halogens is 3. The van der Waals surface area contributed by atoms with Crippen molar-refractivity contribution in [3.8, 4) is 5.75 Å². The lowest BCUT2D eigenvalue weighted by atomic mass is 10.1. The zero-order valence-corrected chi connectivity index (χ0v) is 13.7. The first-order valence-corrected chi connectivity index (χ1v) is 7.86. The Bertz CT molecular complexity index is 878. The molecule has 1 aliphatic rings. The minimum atomic E-state index is -4.80. The Kier molecular flexibility index (Phi) is 4.85. The van der Waals surface area contributed by atoms with Crippen molar-refractivity contribution in [2.45, 2.75) is 19.2 Å². The van der Waals surface area contributed by atoms with Gasteiger partial charge in [-0.2, -0.15) is 0 Å². The van der Waals surface area contributed by atoms with E-state index >= 15 is 0 Å². The van der Waals surface area contributed by atoms with Crippen LogP contribution in [0, 0.1) is 0 Å². The summed E-state index contributed by atoms with van der Waals surface area (Å²) in [5, 5.41) is 2.52. The zero-order chi connectivity index (χ0) is 19.6. The van der Waals surface area contributed by atoms with Crippen molar-refractivity contribution >= 4 is 29.1 Å². The molecule has 0 atom stereocenters. The van der Waals surface area contributed by atoms with Crippen molar-refractivity contribution in [2.75, 3.05) is 10.2 Å². The minimum Gasteiger partial charge on any atom is -0.406 e. The molecule has 3 rings (SSSR count).